The number of nitrogens with two attached hydrogens (primary N) is 1. The quantitative estimate of drug-likeness (QED) is 0.487. The van der Waals surface area contributed by atoms with Crippen LogP contribution < -0.4 is 11.1 Å². The summed E-state index contributed by atoms with van der Waals surface area (Å²) in [5.74, 6) is -0.909. The normalized spacial score (nSPS) is 12.8. The van der Waals surface area contributed by atoms with Crippen LogP contribution in [0.2, 0.25) is 0 Å². The standard InChI is InChI=1S/C9H20N2O2/c1-2-3-6-11-7-4-5-8(10)9(12)13/h8,11H,2-7,10H2,1H3,(H,12,13)/t8-/m0/s1. The van der Waals surface area contributed by atoms with Crippen LogP contribution in [0.25, 0.3) is 0 Å². The maximum Gasteiger partial charge on any atom is 0.320 e. The highest BCUT2D eigenvalue weighted by Crippen LogP contribution is 1.93. The highest BCUT2D eigenvalue weighted by atomic mass is 16.4. The largest absolute Gasteiger partial charge is 0.480 e. The van der Waals surface area contributed by atoms with Crippen LogP contribution in [0.3, 0.4) is 0 Å². The van der Waals surface area contributed by atoms with Crippen LogP contribution in [-0.4, -0.2) is 30.2 Å². The molecule has 0 aromatic rings. The molecule has 4 nitrogen and oxygen atoms in total. The van der Waals surface area contributed by atoms with Crippen LogP contribution >= 0.6 is 0 Å². The van der Waals surface area contributed by atoms with Gasteiger partial charge in [0.2, 0.25) is 0 Å². The molecule has 0 bridgehead atoms. The van der Waals surface area contributed by atoms with Gasteiger partial charge in [-0.05, 0) is 32.4 Å². The SMILES string of the molecule is CCCCNCCC[C@H](N)C(=O)O. The number of nitrogens with one attached hydrogen (secondary N) is 1. The zero-order chi connectivity index (χ0) is 10.1. The lowest BCUT2D eigenvalue weighted by Crippen LogP contribution is -2.31. The van der Waals surface area contributed by atoms with Crippen molar-refractivity contribution in [3.63, 3.8) is 0 Å². The maximum atomic E-state index is 10.3. The zero-order valence-electron chi connectivity index (χ0n) is 8.25. The second-order valence-electron chi connectivity index (χ2n) is 3.19. The predicted molar refractivity (Wildman–Crippen MR) is 52.6 cm³/mol. The van der Waals surface area contributed by atoms with Crippen LogP contribution in [0, 0.1) is 0 Å². The molecule has 0 aliphatic heterocycles. The Labute approximate surface area is 79.5 Å². The van der Waals surface area contributed by atoms with E-state index in [2.05, 4.69) is 12.2 Å². The molecule has 13 heavy (non-hydrogen) atoms. The number of aliphatic carboxylic acids is 1. The molecule has 4 heteroatoms. The smallest absolute Gasteiger partial charge is 0.320 e. The van der Waals surface area contributed by atoms with Crippen molar-refractivity contribution < 1.29 is 9.90 Å². The minimum absolute atomic E-state index is 0.550. The van der Waals surface area contributed by atoms with Gasteiger partial charge >= 0.3 is 5.97 Å². The lowest BCUT2D eigenvalue weighted by molar-refractivity contribution is -0.138. The van der Waals surface area contributed by atoms with Crippen molar-refractivity contribution in [2.75, 3.05) is 13.1 Å². The van der Waals surface area contributed by atoms with E-state index in [1.54, 1.807) is 0 Å². The van der Waals surface area contributed by atoms with Crippen LogP contribution in [0.15, 0.2) is 0 Å². The molecule has 0 rings (SSSR count). The first-order valence-electron chi connectivity index (χ1n) is 4.87. The summed E-state index contributed by atoms with van der Waals surface area (Å²) in [6, 6.07) is -0.701. The van der Waals surface area contributed by atoms with E-state index in [4.69, 9.17) is 10.8 Å². The first-order valence-corrected chi connectivity index (χ1v) is 4.87. The highest BCUT2D eigenvalue weighted by Gasteiger charge is 2.09. The Morgan fingerprint density at radius 2 is 2.08 bits per heavy atom. The summed E-state index contributed by atoms with van der Waals surface area (Å²) in [4.78, 5) is 10.3. The molecule has 0 saturated heterocycles. The Kier molecular flexibility index (Phi) is 7.63. The van der Waals surface area contributed by atoms with Crippen molar-refractivity contribution >= 4 is 5.97 Å². The first kappa shape index (κ1) is 12.4. The summed E-state index contributed by atoms with van der Waals surface area (Å²) < 4.78 is 0. The molecule has 1 atom stereocenters. The van der Waals surface area contributed by atoms with Crippen LogP contribution in [-0.2, 0) is 4.79 Å². The fourth-order valence-electron chi connectivity index (χ4n) is 0.997. The predicted octanol–water partition coefficient (Wildman–Crippen LogP) is 0.568. The van der Waals surface area contributed by atoms with Crippen molar-refractivity contribution in [3.8, 4) is 0 Å². The molecule has 0 heterocycles. The Balaban J connectivity index is 3.11. The van der Waals surface area contributed by atoms with Gasteiger partial charge in [-0.25, -0.2) is 0 Å². The van der Waals surface area contributed by atoms with E-state index in [1.165, 1.54) is 12.8 Å². The van der Waals surface area contributed by atoms with Crippen molar-refractivity contribution in [2.24, 2.45) is 5.73 Å². The second-order valence-corrected chi connectivity index (χ2v) is 3.19. The lowest BCUT2D eigenvalue weighted by Gasteiger charge is -2.06. The average Bonchev–Trinajstić information content (AvgIpc) is 2.10. The van der Waals surface area contributed by atoms with Crippen LogP contribution in [0.4, 0.5) is 0 Å². The molecule has 0 amide bonds. The van der Waals surface area contributed by atoms with Crippen LogP contribution in [0.1, 0.15) is 32.6 Å². The van der Waals surface area contributed by atoms with Crippen molar-refractivity contribution in [1.82, 2.24) is 5.32 Å². The molecule has 0 aliphatic carbocycles. The van der Waals surface area contributed by atoms with Crippen molar-refractivity contribution in [1.29, 1.82) is 0 Å². The van der Waals surface area contributed by atoms with E-state index in [0.717, 1.165) is 19.5 Å². The Morgan fingerprint density at radius 1 is 1.46 bits per heavy atom. The lowest BCUT2D eigenvalue weighted by atomic mass is 10.2. The number of carboxylic acid groups (broad SMARTS) is 1. The molecule has 0 aromatic carbocycles. The fourth-order valence-corrected chi connectivity index (χ4v) is 0.997. The number of hydrogen-bond donors (Lipinski definition) is 3. The van der Waals surface area contributed by atoms with Gasteiger partial charge in [0, 0.05) is 0 Å². The fraction of sp³-hybridized carbons (Fsp3) is 0.889. The topological polar surface area (TPSA) is 75.3 Å². The average molecular weight is 188 g/mol. The first-order chi connectivity index (χ1) is 6.18. The summed E-state index contributed by atoms with van der Waals surface area (Å²) in [6.07, 6.45) is 3.73. The minimum atomic E-state index is -0.909. The van der Waals surface area contributed by atoms with Gasteiger partial charge in [0.15, 0.2) is 0 Å². The Hall–Kier alpha value is -0.610. The molecule has 0 fully saturated rings. The summed E-state index contributed by atoms with van der Waals surface area (Å²) in [5, 5.41) is 11.7. The number of hydrogen-bond acceptors (Lipinski definition) is 3. The maximum absolute atomic E-state index is 10.3. The van der Waals surface area contributed by atoms with Gasteiger partial charge in [0.05, 0.1) is 0 Å². The van der Waals surface area contributed by atoms with E-state index in [0.29, 0.717) is 6.42 Å². The van der Waals surface area contributed by atoms with E-state index in [-0.39, 0.29) is 0 Å². The van der Waals surface area contributed by atoms with E-state index >= 15 is 0 Å². The molecule has 0 unspecified atom stereocenters. The summed E-state index contributed by atoms with van der Waals surface area (Å²) >= 11 is 0. The summed E-state index contributed by atoms with van der Waals surface area (Å²) in [6.45, 7) is 4.02. The van der Waals surface area contributed by atoms with Gasteiger partial charge < -0.3 is 16.2 Å². The molecule has 0 spiro atoms. The van der Waals surface area contributed by atoms with Gasteiger partial charge in [-0.3, -0.25) is 4.79 Å². The molecule has 0 radical (unpaired) electrons. The van der Waals surface area contributed by atoms with Gasteiger partial charge in [-0.1, -0.05) is 13.3 Å². The molecule has 0 saturated carbocycles. The molecule has 0 aromatic heterocycles. The second kappa shape index (κ2) is 8.01. The van der Waals surface area contributed by atoms with Gasteiger partial charge in [-0.15, -0.1) is 0 Å². The number of carbonyl (C=O) groups is 1. The monoisotopic (exact) mass is 188 g/mol. The summed E-state index contributed by atoms with van der Waals surface area (Å²) in [7, 11) is 0. The number of unbranched alkanes of at least 4 members (excludes halogenated alkanes) is 1. The Morgan fingerprint density at radius 3 is 2.62 bits per heavy atom. The van der Waals surface area contributed by atoms with Crippen LogP contribution in [0.5, 0.6) is 0 Å². The molecular formula is C9H20N2O2. The zero-order valence-corrected chi connectivity index (χ0v) is 8.25. The molecular weight excluding hydrogens is 168 g/mol. The van der Waals surface area contributed by atoms with Crippen molar-refractivity contribution in [3.05, 3.63) is 0 Å². The highest BCUT2D eigenvalue weighted by molar-refractivity contribution is 5.72. The van der Waals surface area contributed by atoms with Gasteiger partial charge in [-0.2, -0.15) is 0 Å². The van der Waals surface area contributed by atoms with Crippen molar-refractivity contribution in [2.45, 2.75) is 38.6 Å². The summed E-state index contributed by atoms with van der Waals surface area (Å²) in [5.41, 5.74) is 5.33. The van der Waals surface area contributed by atoms with Gasteiger partial charge in [0.1, 0.15) is 6.04 Å². The number of rotatable bonds is 8. The van der Waals surface area contributed by atoms with E-state index < -0.39 is 12.0 Å². The van der Waals surface area contributed by atoms with E-state index in [1.807, 2.05) is 0 Å². The van der Waals surface area contributed by atoms with Gasteiger partial charge in [0.25, 0.3) is 0 Å². The molecule has 78 valence electrons. The Bertz CT molecular complexity index is 140. The van der Waals surface area contributed by atoms with E-state index in [9.17, 15) is 4.79 Å². The third-order valence-corrected chi connectivity index (χ3v) is 1.89. The third kappa shape index (κ3) is 7.74. The molecule has 4 N–H and O–H groups in total. The minimum Gasteiger partial charge on any atom is -0.480 e. The third-order valence-electron chi connectivity index (χ3n) is 1.89. The number of carboxylic acids is 1. The molecule has 0 aliphatic rings.